The van der Waals surface area contributed by atoms with E-state index in [1.807, 2.05) is 0 Å². The van der Waals surface area contributed by atoms with Crippen molar-refractivity contribution in [1.82, 2.24) is 0 Å². The van der Waals surface area contributed by atoms with Crippen LogP contribution in [0.1, 0.15) is 10.4 Å². The number of nitrogens with one attached hydrogen (secondary N) is 1. The summed E-state index contributed by atoms with van der Waals surface area (Å²) >= 11 is 6.02. The molecule has 5 nitrogen and oxygen atoms in total. The third-order valence-electron chi connectivity index (χ3n) is 2.57. The van der Waals surface area contributed by atoms with Crippen molar-refractivity contribution in [3.05, 3.63) is 53.1 Å². The SMILES string of the molecule is O=C=Nc1cccc(C(=O)O)c1Nc1ccccc1Cl. The van der Waals surface area contributed by atoms with E-state index in [1.165, 1.54) is 24.3 Å². The van der Waals surface area contributed by atoms with Crippen LogP contribution in [-0.2, 0) is 4.79 Å². The van der Waals surface area contributed by atoms with Crippen molar-refractivity contribution in [1.29, 1.82) is 0 Å². The summed E-state index contributed by atoms with van der Waals surface area (Å²) in [5, 5.41) is 12.5. The minimum atomic E-state index is -1.14. The van der Waals surface area contributed by atoms with E-state index in [9.17, 15) is 14.7 Å². The Balaban J connectivity index is 2.56. The molecule has 0 aromatic heterocycles. The predicted molar refractivity (Wildman–Crippen MR) is 75.9 cm³/mol. The van der Waals surface area contributed by atoms with E-state index < -0.39 is 5.97 Å². The van der Waals surface area contributed by atoms with Crippen molar-refractivity contribution >= 4 is 40.7 Å². The van der Waals surface area contributed by atoms with Crippen LogP contribution in [0.2, 0.25) is 5.02 Å². The highest BCUT2D eigenvalue weighted by molar-refractivity contribution is 6.33. The van der Waals surface area contributed by atoms with Crippen molar-refractivity contribution < 1.29 is 14.7 Å². The second-order valence-electron chi connectivity index (χ2n) is 3.81. The topological polar surface area (TPSA) is 78.8 Å². The number of rotatable bonds is 4. The number of anilines is 2. The van der Waals surface area contributed by atoms with Crippen LogP contribution in [0.5, 0.6) is 0 Å². The highest BCUT2D eigenvalue weighted by Crippen LogP contribution is 2.33. The molecule has 2 N–H and O–H groups in total. The second kappa shape index (κ2) is 6.02. The van der Waals surface area contributed by atoms with Crippen molar-refractivity contribution in [2.45, 2.75) is 0 Å². The number of nitrogens with zero attached hydrogens (tertiary/aromatic N) is 1. The molecule has 0 spiro atoms. The van der Waals surface area contributed by atoms with Gasteiger partial charge in [-0.15, -0.1) is 0 Å². The molecule has 20 heavy (non-hydrogen) atoms. The maximum Gasteiger partial charge on any atom is 0.337 e. The zero-order valence-corrected chi connectivity index (χ0v) is 10.9. The molecule has 0 atom stereocenters. The number of benzene rings is 2. The molecule has 0 saturated carbocycles. The summed E-state index contributed by atoms with van der Waals surface area (Å²) < 4.78 is 0. The van der Waals surface area contributed by atoms with Gasteiger partial charge in [-0.1, -0.05) is 29.8 Å². The standard InChI is InChI=1S/C14H9ClN2O3/c15-10-5-1-2-6-11(10)17-13-9(14(19)20)4-3-7-12(13)16-8-18/h1-7,17H,(H,19,20). The predicted octanol–water partition coefficient (Wildman–Crippen LogP) is 3.75. The molecule has 6 heteroatoms. The Labute approximate surface area is 119 Å². The van der Waals surface area contributed by atoms with Gasteiger partial charge in [0.2, 0.25) is 6.08 Å². The number of para-hydroxylation sites is 2. The molecule has 100 valence electrons. The first-order valence-corrected chi connectivity index (χ1v) is 5.97. The molecule has 0 aliphatic heterocycles. The number of isocyanates is 1. The van der Waals surface area contributed by atoms with Gasteiger partial charge in [0.1, 0.15) is 5.69 Å². The molecule has 0 aliphatic carbocycles. The van der Waals surface area contributed by atoms with Crippen LogP contribution in [0.3, 0.4) is 0 Å². The average molecular weight is 289 g/mol. The maximum absolute atomic E-state index is 11.2. The summed E-state index contributed by atoms with van der Waals surface area (Å²) in [4.78, 5) is 25.2. The first-order chi connectivity index (χ1) is 9.63. The number of carbonyl (C=O) groups excluding carboxylic acids is 1. The van der Waals surface area contributed by atoms with Gasteiger partial charge in [0.15, 0.2) is 0 Å². The number of carbonyl (C=O) groups is 1. The fourth-order valence-electron chi connectivity index (χ4n) is 1.69. The number of carboxylic acid groups (broad SMARTS) is 1. The first kappa shape index (κ1) is 13.8. The van der Waals surface area contributed by atoms with Gasteiger partial charge in [-0.05, 0) is 24.3 Å². The van der Waals surface area contributed by atoms with Gasteiger partial charge in [-0.25, -0.2) is 9.59 Å². The zero-order chi connectivity index (χ0) is 14.5. The summed E-state index contributed by atoms with van der Waals surface area (Å²) in [6, 6.07) is 11.3. The van der Waals surface area contributed by atoms with Gasteiger partial charge < -0.3 is 10.4 Å². The van der Waals surface area contributed by atoms with Crippen LogP contribution in [0, 0.1) is 0 Å². The number of carboxylic acids is 1. The molecule has 2 aromatic carbocycles. The van der Waals surface area contributed by atoms with Crippen LogP contribution in [0.4, 0.5) is 17.1 Å². The lowest BCUT2D eigenvalue weighted by Gasteiger charge is -2.12. The van der Waals surface area contributed by atoms with Crippen LogP contribution in [0.25, 0.3) is 0 Å². The molecule has 0 amide bonds. The van der Waals surface area contributed by atoms with E-state index in [0.29, 0.717) is 10.7 Å². The van der Waals surface area contributed by atoms with Crippen molar-refractivity contribution in [2.75, 3.05) is 5.32 Å². The molecule has 0 radical (unpaired) electrons. The minimum absolute atomic E-state index is 0.0126. The summed E-state index contributed by atoms with van der Waals surface area (Å²) in [5.41, 5.74) is 0.878. The third-order valence-corrected chi connectivity index (χ3v) is 2.90. The lowest BCUT2D eigenvalue weighted by Crippen LogP contribution is -2.03. The van der Waals surface area contributed by atoms with E-state index >= 15 is 0 Å². The van der Waals surface area contributed by atoms with Gasteiger partial charge in [0.25, 0.3) is 0 Å². The number of aliphatic imine (C=N–C) groups is 1. The second-order valence-corrected chi connectivity index (χ2v) is 4.22. The Morgan fingerprint density at radius 3 is 2.60 bits per heavy atom. The van der Waals surface area contributed by atoms with E-state index in [2.05, 4.69) is 10.3 Å². The molecule has 2 aromatic rings. The van der Waals surface area contributed by atoms with E-state index in [1.54, 1.807) is 24.3 Å². The quantitative estimate of drug-likeness (QED) is 0.663. The first-order valence-electron chi connectivity index (χ1n) is 5.59. The molecule has 0 aliphatic rings. The van der Waals surface area contributed by atoms with Crippen molar-refractivity contribution in [3.8, 4) is 0 Å². The third kappa shape index (κ3) is 2.85. The minimum Gasteiger partial charge on any atom is -0.478 e. The van der Waals surface area contributed by atoms with Crippen LogP contribution < -0.4 is 5.32 Å². The molecule has 2 rings (SSSR count). The molecule has 0 unspecified atom stereocenters. The summed E-state index contributed by atoms with van der Waals surface area (Å²) in [5.74, 6) is -1.14. The normalized spacial score (nSPS) is 9.65. The number of aromatic carboxylic acids is 1. The Kier molecular flexibility index (Phi) is 4.15. The molecule has 0 bridgehead atoms. The molecule has 0 fully saturated rings. The van der Waals surface area contributed by atoms with E-state index in [0.717, 1.165) is 0 Å². The monoisotopic (exact) mass is 288 g/mol. The number of halogens is 1. The van der Waals surface area contributed by atoms with E-state index in [4.69, 9.17) is 11.6 Å². The molecule has 0 heterocycles. The van der Waals surface area contributed by atoms with Gasteiger partial charge in [0, 0.05) is 0 Å². The van der Waals surface area contributed by atoms with Crippen LogP contribution in [-0.4, -0.2) is 17.2 Å². The molecular weight excluding hydrogens is 280 g/mol. The van der Waals surface area contributed by atoms with Crippen LogP contribution in [0.15, 0.2) is 47.5 Å². The van der Waals surface area contributed by atoms with Crippen LogP contribution >= 0.6 is 11.6 Å². The fourth-order valence-corrected chi connectivity index (χ4v) is 1.87. The fraction of sp³-hybridized carbons (Fsp3) is 0. The largest absolute Gasteiger partial charge is 0.478 e. The molecule has 0 saturated heterocycles. The lowest BCUT2D eigenvalue weighted by molar-refractivity contribution is 0.0698. The molecular formula is C14H9ClN2O3. The Hall–Kier alpha value is -2.62. The highest BCUT2D eigenvalue weighted by Gasteiger charge is 2.15. The summed E-state index contributed by atoms with van der Waals surface area (Å²) in [6.07, 6.45) is 1.40. The van der Waals surface area contributed by atoms with E-state index in [-0.39, 0.29) is 16.9 Å². The van der Waals surface area contributed by atoms with Gasteiger partial charge in [0.05, 0.1) is 22.0 Å². The number of hydrogen-bond acceptors (Lipinski definition) is 4. The van der Waals surface area contributed by atoms with Gasteiger partial charge in [-0.2, -0.15) is 4.99 Å². The summed E-state index contributed by atoms with van der Waals surface area (Å²) in [6.45, 7) is 0. The van der Waals surface area contributed by atoms with Gasteiger partial charge in [-0.3, -0.25) is 0 Å². The summed E-state index contributed by atoms with van der Waals surface area (Å²) in [7, 11) is 0. The zero-order valence-electron chi connectivity index (χ0n) is 10.1. The maximum atomic E-state index is 11.2. The number of hydrogen-bond donors (Lipinski definition) is 2. The van der Waals surface area contributed by atoms with Gasteiger partial charge >= 0.3 is 5.97 Å². The van der Waals surface area contributed by atoms with Crippen molar-refractivity contribution in [3.63, 3.8) is 0 Å². The smallest absolute Gasteiger partial charge is 0.337 e. The average Bonchev–Trinajstić information content (AvgIpc) is 2.43. The lowest BCUT2D eigenvalue weighted by atomic mass is 10.1. The Morgan fingerprint density at radius 1 is 1.20 bits per heavy atom. The highest BCUT2D eigenvalue weighted by atomic mass is 35.5. The van der Waals surface area contributed by atoms with Crippen molar-refractivity contribution in [2.24, 2.45) is 4.99 Å². The Bertz CT molecular complexity index is 689. The Morgan fingerprint density at radius 2 is 1.95 bits per heavy atom.